The van der Waals surface area contributed by atoms with Gasteiger partial charge in [0, 0.05) is 23.2 Å². The van der Waals surface area contributed by atoms with E-state index in [2.05, 4.69) is 82.8 Å². The summed E-state index contributed by atoms with van der Waals surface area (Å²) in [5.41, 5.74) is 6.65. The first-order valence-electron chi connectivity index (χ1n) is 10.5. The zero-order valence-corrected chi connectivity index (χ0v) is 24.5. The average molecular weight is 732 g/mol. The van der Waals surface area contributed by atoms with Crippen molar-refractivity contribution in [3.05, 3.63) is 97.3 Å². The molecular formula is C24H16Cl3N2O12Ru. The summed E-state index contributed by atoms with van der Waals surface area (Å²) in [5, 5.41) is 2.26. The van der Waals surface area contributed by atoms with Crippen molar-refractivity contribution < 1.29 is 106 Å². The summed E-state index contributed by atoms with van der Waals surface area (Å²) in [4.78, 5) is 9.34. The average Bonchev–Trinajstić information content (AvgIpc) is 2.86. The topological polar surface area (TPSA) is 302 Å². The summed E-state index contributed by atoms with van der Waals surface area (Å²) in [6, 6.07) is 29.3. The van der Waals surface area contributed by atoms with E-state index in [1.165, 1.54) is 22.3 Å². The minimum atomic E-state index is -4.94. The maximum atomic E-state index is 8.49. The molecule has 14 nitrogen and oxygen atoms in total. The fourth-order valence-corrected chi connectivity index (χ4v) is 3.57. The Morgan fingerprint density at radius 1 is 0.381 bits per heavy atom. The summed E-state index contributed by atoms with van der Waals surface area (Å²) in [6.07, 6.45) is 3.75. The Morgan fingerprint density at radius 2 is 0.643 bits per heavy atom. The molecule has 0 aliphatic rings. The van der Waals surface area contributed by atoms with E-state index in [-0.39, 0.29) is 19.5 Å². The fourth-order valence-electron chi connectivity index (χ4n) is 3.57. The molecule has 2 aromatic heterocycles. The molecule has 1 radical (unpaired) electrons. The number of hydrogen-bond acceptors (Lipinski definition) is 14. The summed E-state index contributed by atoms with van der Waals surface area (Å²) in [5.74, 6) is 0. The molecule has 0 spiro atoms. The molecule has 0 unspecified atom stereocenters. The van der Waals surface area contributed by atoms with E-state index in [1.807, 2.05) is 24.5 Å². The van der Waals surface area contributed by atoms with Crippen LogP contribution in [-0.4, -0.2) is 9.97 Å². The Bertz CT molecular complexity index is 1390. The van der Waals surface area contributed by atoms with Crippen LogP contribution in [0.2, 0.25) is 0 Å². The van der Waals surface area contributed by atoms with Gasteiger partial charge in [-0.1, -0.05) is 72.8 Å². The van der Waals surface area contributed by atoms with Gasteiger partial charge < -0.3 is 0 Å². The van der Waals surface area contributed by atoms with Gasteiger partial charge in [0.1, 0.15) is 0 Å². The molecule has 223 valence electrons. The van der Waals surface area contributed by atoms with Crippen LogP contribution in [0.15, 0.2) is 97.3 Å². The van der Waals surface area contributed by atoms with Gasteiger partial charge in [0.15, 0.2) is 0 Å². The summed E-state index contributed by atoms with van der Waals surface area (Å²) in [6.45, 7) is 0. The molecule has 2 heterocycles. The second-order valence-electron chi connectivity index (χ2n) is 7.44. The predicted octanol–water partition coefficient (Wildman–Crippen LogP) is -8.15. The number of fused-ring (bicyclic) bond motifs is 3. The van der Waals surface area contributed by atoms with Gasteiger partial charge in [-0.05, 0) is 34.4 Å². The van der Waals surface area contributed by atoms with Crippen molar-refractivity contribution in [2.75, 3.05) is 0 Å². The van der Waals surface area contributed by atoms with Crippen LogP contribution in [0.5, 0.6) is 0 Å². The van der Waals surface area contributed by atoms with Gasteiger partial charge in [-0.3, -0.25) is 9.97 Å². The number of aromatic nitrogens is 2. The monoisotopic (exact) mass is 731 g/mol. The number of nitrogens with zero attached hydrogens (tertiary/aromatic N) is 2. The molecule has 0 bridgehead atoms. The summed E-state index contributed by atoms with van der Waals surface area (Å²) < 4.78 is 102. The normalized spacial score (nSPS) is 11.1. The van der Waals surface area contributed by atoms with E-state index in [4.69, 9.17) is 55.9 Å². The molecule has 0 N–H and O–H groups in total. The number of halogens is 3. The van der Waals surface area contributed by atoms with Gasteiger partial charge in [-0.2, -0.15) is 0 Å². The third-order valence-corrected chi connectivity index (χ3v) is 4.79. The number of rotatable bonds is 2. The quantitative estimate of drug-likeness (QED) is 0.120. The first-order valence-corrected chi connectivity index (χ1v) is 14.2. The van der Waals surface area contributed by atoms with Gasteiger partial charge in [0.05, 0.1) is 11.0 Å². The van der Waals surface area contributed by atoms with Crippen LogP contribution in [0.3, 0.4) is 0 Å². The van der Waals surface area contributed by atoms with Crippen molar-refractivity contribution in [1.82, 2.24) is 9.97 Å². The van der Waals surface area contributed by atoms with Crippen molar-refractivity contribution >= 4 is 21.8 Å². The molecule has 0 saturated carbocycles. The second kappa shape index (κ2) is 16.4. The maximum absolute atomic E-state index is 8.49. The van der Waals surface area contributed by atoms with E-state index in [9.17, 15) is 0 Å². The van der Waals surface area contributed by atoms with E-state index in [0.29, 0.717) is 0 Å². The summed E-state index contributed by atoms with van der Waals surface area (Å²) in [7, 11) is -14.8. The standard InChI is InChI=1S/C24H16N2.3ClHO4.Ru/c1-3-7-17(8-4-1)19-13-15-25-23-21(19)11-12-22-20(14-16-26-24(22)23)18-9-5-2-6-10-18;3*2-1(3,4)5;/h1-16H;3*(H,2,3,4,5);/q;;;;+3/p-3. The molecule has 0 saturated heterocycles. The van der Waals surface area contributed by atoms with Crippen LogP contribution < -0.4 is 55.9 Å². The SMILES string of the molecule is [O-][Cl+3]([O-])([O-])[O-].[O-][Cl+3]([O-])([O-])[O-].[O-][Cl+3]([O-])([O-])[O-].[Ru+3].c1ccc(-c2ccnc3c2ccc2c(-c4ccccc4)ccnc23)cc1. The molecule has 5 aromatic rings. The largest absolute Gasteiger partial charge is 3.00 e. The smallest absolute Gasteiger partial charge is 0.254 e. The van der Waals surface area contributed by atoms with Crippen LogP contribution in [0, 0.1) is 30.7 Å². The molecule has 0 aliphatic heterocycles. The van der Waals surface area contributed by atoms with E-state index < -0.39 is 30.7 Å². The first kappa shape index (κ1) is 37.5. The molecule has 42 heavy (non-hydrogen) atoms. The molecule has 0 fully saturated rings. The molecule has 5 rings (SSSR count). The maximum Gasteiger partial charge on any atom is 3.00 e. The molecular weight excluding hydrogens is 716 g/mol. The Hall–Kier alpha value is -2.51. The van der Waals surface area contributed by atoms with Crippen molar-refractivity contribution in [2.24, 2.45) is 0 Å². The van der Waals surface area contributed by atoms with Crippen LogP contribution in [0.4, 0.5) is 0 Å². The van der Waals surface area contributed by atoms with E-state index >= 15 is 0 Å². The Kier molecular flexibility index (Phi) is 14.6. The molecule has 18 heteroatoms. The number of benzene rings is 3. The third-order valence-electron chi connectivity index (χ3n) is 4.79. The van der Waals surface area contributed by atoms with Crippen molar-refractivity contribution in [1.29, 1.82) is 0 Å². The van der Waals surface area contributed by atoms with Crippen molar-refractivity contribution in [3.8, 4) is 22.3 Å². The Morgan fingerprint density at radius 3 is 0.905 bits per heavy atom. The molecule has 3 aromatic carbocycles. The van der Waals surface area contributed by atoms with Crippen molar-refractivity contribution in [2.45, 2.75) is 0 Å². The minimum absolute atomic E-state index is 0. The van der Waals surface area contributed by atoms with Gasteiger partial charge >= 0.3 is 19.5 Å². The molecule has 0 aliphatic carbocycles. The number of hydrogen-bond donors (Lipinski definition) is 0. The Balaban J connectivity index is 0.000000462. The van der Waals surface area contributed by atoms with Gasteiger partial charge in [-0.25, -0.2) is 55.9 Å². The first-order chi connectivity index (χ1) is 18.9. The van der Waals surface area contributed by atoms with Gasteiger partial charge in [0.2, 0.25) is 0 Å². The van der Waals surface area contributed by atoms with Crippen molar-refractivity contribution in [3.63, 3.8) is 0 Å². The minimum Gasteiger partial charge on any atom is -0.254 e. The van der Waals surface area contributed by atoms with E-state index in [1.54, 1.807) is 0 Å². The molecule has 0 amide bonds. The summed E-state index contributed by atoms with van der Waals surface area (Å²) >= 11 is 0. The van der Waals surface area contributed by atoms with Crippen LogP contribution in [0.25, 0.3) is 44.1 Å². The second-order valence-corrected chi connectivity index (χ2v) is 9.71. The van der Waals surface area contributed by atoms with Gasteiger partial charge in [0.25, 0.3) is 0 Å². The zero-order valence-electron chi connectivity index (χ0n) is 20.5. The predicted molar refractivity (Wildman–Crippen MR) is 108 cm³/mol. The molecule has 0 atom stereocenters. The number of pyridine rings is 2. The van der Waals surface area contributed by atoms with Gasteiger partial charge in [-0.15, -0.1) is 30.7 Å². The third kappa shape index (κ3) is 14.6. The van der Waals surface area contributed by atoms with E-state index in [0.717, 1.165) is 21.8 Å². The van der Waals surface area contributed by atoms with Crippen LogP contribution in [0.1, 0.15) is 0 Å². The van der Waals surface area contributed by atoms with Crippen LogP contribution in [-0.2, 0) is 19.5 Å². The Labute approximate surface area is 256 Å². The van der Waals surface area contributed by atoms with Crippen LogP contribution >= 0.6 is 0 Å². The zero-order chi connectivity index (χ0) is 30.8. The fraction of sp³-hybridized carbons (Fsp3) is 0.